The van der Waals surface area contributed by atoms with Gasteiger partial charge in [-0.15, -0.1) is 0 Å². The van der Waals surface area contributed by atoms with Gasteiger partial charge in [0, 0.05) is 38.2 Å². The maximum Gasteiger partial charge on any atom is 0.318 e. The maximum absolute atomic E-state index is 12.6. The summed E-state index contributed by atoms with van der Waals surface area (Å²) in [6.07, 6.45) is 6.30. The Morgan fingerprint density at radius 1 is 1.39 bits per heavy atom. The highest BCUT2D eigenvalue weighted by Crippen LogP contribution is 2.23. The molecule has 0 aromatic carbocycles. The zero-order valence-electron chi connectivity index (χ0n) is 14.4. The summed E-state index contributed by atoms with van der Waals surface area (Å²) >= 11 is 0. The molecule has 0 spiro atoms. The molecule has 0 radical (unpaired) electrons. The maximum atomic E-state index is 12.6. The van der Waals surface area contributed by atoms with Crippen molar-refractivity contribution >= 4 is 6.03 Å². The van der Waals surface area contributed by atoms with Gasteiger partial charge in [0.25, 0.3) is 0 Å². The fourth-order valence-corrected chi connectivity index (χ4v) is 2.87. The summed E-state index contributed by atoms with van der Waals surface area (Å²) in [5, 5.41) is 7.38. The molecule has 0 unspecified atom stereocenters. The Morgan fingerprint density at radius 3 is 2.57 bits per heavy atom. The van der Waals surface area contributed by atoms with Crippen molar-refractivity contribution in [2.75, 3.05) is 7.05 Å². The fraction of sp³-hybridized carbons (Fsp3) is 0.471. The molecule has 23 heavy (non-hydrogen) atoms. The Hall–Kier alpha value is -2.37. The lowest BCUT2D eigenvalue weighted by Gasteiger charge is -2.29. The van der Waals surface area contributed by atoms with Crippen LogP contribution in [0.3, 0.4) is 0 Å². The van der Waals surface area contributed by atoms with Crippen LogP contribution >= 0.6 is 0 Å². The summed E-state index contributed by atoms with van der Waals surface area (Å²) in [4.78, 5) is 18.4. The molecule has 6 heteroatoms. The van der Waals surface area contributed by atoms with Gasteiger partial charge in [-0.25, -0.2) is 4.79 Å². The summed E-state index contributed by atoms with van der Waals surface area (Å²) in [5.74, 6) is 0. The minimum atomic E-state index is -0.0931. The molecule has 0 aliphatic carbocycles. The van der Waals surface area contributed by atoms with Crippen LogP contribution in [0.25, 0.3) is 0 Å². The third-order valence-corrected chi connectivity index (χ3v) is 4.12. The molecule has 2 aromatic rings. The standard InChI is InChI=1S/C17H25N5O/c1-6-16(14-7-9-18-10-8-14)22(5)17(23)19-12(2)15-11-21(4)20-13(15)3/h7-12,16H,6H2,1-5H3,(H,19,23)/t12-,16+/m0/s1. The van der Waals surface area contributed by atoms with E-state index >= 15 is 0 Å². The highest BCUT2D eigenvalue weighted by Gasteiger charge is 2.22. The predicted octanol–water partition coefficient (Wildman–Crippen LogP) is 2.98. The van der Waals surface area contributed by atoms with Crippen LogP contribution in [-0.4, -0.2) is 32.7 Å². The quantitative estimate of drug-likeness (QED) is 0.922. The van der Waals surface area contributed by atoms with Gasteiger partial charge >= 0.3 is 6.03 Å². The number of rotatable bonds is 5. The largest absolute Gasteiger partial charge is 0.331 e. The van der Waals surface area contributed by atoms with Crippen LogP contribution in [0.1, 0.15) is 49.2 Å². The van der Waals surface area contributed by atoms with E-state index < -0.39 is 0 Å². The normalized spacial score (nSPS) is 13.4. The van der Waals surface area contributed by atoms with E-state index in [1.54, 1.807) is 22.0 Å². The zero-order chi connectivity index (χ0) is 17.0. The van der Waals surface area contributed by atoms with Crippen molar-refractivity contribution in [2.24, 2.45) is 7.05 Å². The summed E-state index contributed by atoms with van der Waals surface area (Å²) in [5.41, 5.74) is 3.06. The van der Waals surface area contributed by atoms with Crippen molar-refractivity contribution in [3.63, 3.8) is 0 Å². The van der Waals surface area contributed by atoms with Crippen LogP contribution in [0.2, 0.25) is 0 Å². The molecule has 0 saturated carbocycles. The van der Waals surface area contributed by atoms with Crippen molar-refractivity contribution in [1.82, 2.24) is 25.0 Å². The number of hydrogen-bond donors (Lipinski definition) is 1. The van der Waals surface area contributed by atoms with Gasteiger partial charge in [-0.2, -0.15) is 5.10 Å². The second-order valence-corrected chi connectivity index (χ2v) is 5.83. The number of pyridine rings is 1. The second-order valence-electron chi connectivity index (χ2n) is 5.83. The van der Waals surface area contributed by atoms with Crippen LogP contribution < -0.4 is 5.32 Å². The molecule has 124 valence electrons. The number of aryl methyl sites for hydroxylation is 2. The second kappa shape index (κ2) is 7.26. The number of aromatic nitrogens is 3. The lowest BCUT2D eigenvalue weighted by atomic mass is 10.1. The van der Waals surface area contributed by atoms with Crippen LogP contribution in [0.15, 0.2) is 30.7 Å². The number of carbonyl (C=O) groups excluding carboxylic acids is 1. The van der Waals surface area contributed by atoms with Crippen molar-refractivity contribution in [3.8, 4) is 0 Å². The molecule has 0 fully saturated rings. The number of carbonyl (C=O) groups is 1. The van der Waals surface area contributed by atoms with Crippen LogP contribution in [-0.2, 0) is 7.05 Å². The summed E-state index contributed by atoms with van der Waals surface area (Å²) in [6, 6.07) is 3.75. The third-order valence-electron chi connectivity index (χ3n) is 4.12. The summed E-state index contributed by atoms with van der Waals surface area (Å²) in [6.45, 7) is 6.00. The molecule has 2 atom stereocenters. The molecule has 6 nitrogen and oxygen atoms in total. The van der Waals surface area contributed by atoms with Gasteiger partial charge in [-0.1, -0.05) is 6.92 Å². The van der Waals surface area contributed by atoms with E-state index in [-0.39, 0.29) is 18.1 Å². The van der Waals surface area contributed by atoms with Gasteiger partial charge in [0.2, 0.25) is 0 Å². The zero-order valence-corrected chi connectivity index (χ0v) is 14.4. The smallest absolute Gasteiger partial charge is 0.318 e. The molecule has 0 aliphatic rings. The van der Waals surface area contributed by atoms with E-state index in [0.717, 1.165) is 23.2 Å². The number of urea groups is 1. The number of hydrogen-bond acceptors (Lipinski definition) is 3. The van der Waals surface area contributed by atoms with E-state index in [4.69, 9.17) is 0 Å². The van der Waals surface area contributed by atoms with E-state index in [9.17, 15) is 4.79 Å². The lowest BCUT2D eigenvalue weighted by Crippen LogP contribution is -2.40. The minimum Gasteiger partial charge on any atom is -0.331 e. The Kier molecular flexibility index (Phi) is 5.36. The number of nitrogens with one attached hydrogen (secondary N) is 1. The van der Waals surface area contributed by atoms with Crippen LogP contribution in [0.5, 0.6) is 0 Å². The average molecular weight is 315 g/mol. The van der Waals surface area contributed by atoms with Gasteiger partial charge < -0.3 is 10.2 Å². The Bertz CT molecular complexity index is 652. The monoisotopic (exact) mass is 315 g/mol. The van der Waals surface area contributed by atoms with Crippen molar-refractivity contribution in [3.05, 3.63) is 47.5 Å². The van der Waals surface area contributed by atoms with E-state index in [0.29, 0.717) is 0 Å². The molecular weight excluding hydrogens is 290 g/mol. The Morgan fingerprint density at radius 2 is 2.04 bits per heavy atom. The summed E-state index contributed by atoms with van der Waals surface area (Å²) < 4.78 is 1.77. The highest BCUT2D eigenvalue weighted by molar-refractivity contribution is 5.75. The van der Waals surface area contributed by atoms with E-state index in [1.165, 1.54) is 0 Å². The van der Waals surface area contributed by atoms with Gasteiger partial charge in [-0.3, -0.25) is 9.67 Å². The first-order valence-electron chi connectivity index (χ1n) is 7.87. The number of nitrogens with zero attached hydrogens (tertiary/aromatic N) is 4. The Balaban J connectivity index is 2.08. The molecule has 1 N–H and O–H groups in total. The van der Waals surface area contributed by atoms with Gasteiger partial charge in [0.1, 0.15) is 0 Å². The van der Waals surface area contributed by atoms with Crippen molar-refractivity contribution in [2.45, 2.75) is 39.3 Å². The first-order chi connectivity index (χ1) is 10.9. The van der Waals surface area contributed by atoms with E-state index in [1.807, 2.05) is 46.3 Å². The molecule has 2 heterocycles. The predicted molar refractivity (Wildman–Crippen MR) is 89.9 cm³/mol. The van der Waals surface area contributed by atoms with Crippen molar-refractivity contribution in [1.29, 1.82) is 0 Å². The Labute approximate surface area is 137 Å². The molecule has 0 bridgehead atoms. The lowest BCUT2D eigenvalue weighted by molar-refractivity contribution is 0.185. The molecule has 0 saturated heterocycles. The molecule has 0 aliphatic heterocycles. The van der Waals surface area contributed by atoms with Crippen LogP contribution in [0, 0.1) is 6.92 Å². The SMILES string of the molecule is CC[C@H](c1ccncc1)N(C)C(=O)N[C@@H](C)c1cn(C)nc1C. The molecule has 2 amide bonds. The van der Waals surface area contributed by atoms with Crippen molar-refractivity contribution < 1.29 is 4.79 Å². The topological polar surface area (TPSA) is 63.1 Å². The van der Waals surface area contributed by atoms with Gasteiger partial charge in [-0.05, 0) is 38.0 Å². The molecule has 2 aromatic heterocycles. The van der Waals surface area contributed by atoms with Crippen LogP contribution in [0.4, 0.5) is 4.79 Å². The first kappa shape index (κ1) is 17.0. The number of amides is 2. The van der Waals surface area contributed by atoms with Gasteiger partial charge in [0.15, 0.2) is 0 Å². The highest BCUT2D eigenvalue weighted by atomic mass is 16.2. The van der Waals surface area contributed by atoms with Gasteiger partial charge in [0.05, 0.1) is 17.8 Å². The average Bonchev–Trinajstić information content (AvgIpc) is 2.87. The molecule has 2 rings (SSSR count). The fourth-order valence-electron chi connectivity index (χ4n) is 2.87. The molecular formula is C17H25N5O. The summed E-state index contributed by atoms with van der Waals surface area (Å²) in [7, 11) is 3.71. The minimum absolute atomic E-state index is 0.0280. The third kappa shape index (κ3) is 3.88. The van der Waals surface area contributed by atoms with E-state index in [2.05, 4.69) is 22.3 Å². The first-order valence-corrected chi connectivity index (χ1v) is 7.87.